The topological polar surface area (TPSA) is 55.8 Å². The highest BCUT2D eigenvalue weighted by Gasteiger charge is 2.10. The zero-order valence-electron chi connectivity index (χ0n) is 10.5. The molecule has 1 aromatic carbocycles. The van der Waals surface area contributed by atoms with Crippen LogP contribution in [0.1, 0.15) is 31.4 Å². The molecule has 1 atom stereocenters. The highest BCUT2D eigenvalue weighted by Crippen LogP contribution is 2.26. The number of benzene rings is 1. The Hall–Kier alpha value is -1.62. The summed E-state index contributed by atoms with van der Waals surface area (Å²) >= 11 is 0. The van der Waals surface area contributed by atoms with Gasteiger partial charge < -0.3 is 14.6 Å². The van der Waals surface area contributed by atoms with Gasteiger partial charge in [-0.3, -0.25) is 4.79 Å². The molecule has 0 bridgehead atoms. The van der Waals surface area contributed by atoms with Crippen LogP contribution in [0.5, 0.6) is 5.75 Å². The van der Waals surface area contributed by atoms with Crippen LogP contribution in [-0.4, -0.2) is 24.8 Å². The minimum atomic E-state index is -0.809. The molecular weight excluding hydrogens is 239 g/mol. The zero-order valence-corrected chi connectivity index (χ0v) is 10.5. The molecule has 0 aromatic heterocycles. The molecule has 18 heavy (non-hydrogen) atoms. The maximum atomic E-state index is 13.0. The predicted molar refractivity (Wildman–Crippen MR) is 63.8 cm³/mol. The smallest absolute Gasteiger partial charge is 0.305 e. The summed E-state index contributed by atoms with van der Waals surface area (Å²) < 4.78 is 22.9. The maximum absolute atomic E-state index is 13.0. The average molecular weight is 256 g/mol. The van der Waals surface area contributed by atoms with E-state index in [4.69, 9.17) is 4.74 Å². The fourth-order valence-corrected chi connectivity index (χ4v) is 1.48. The molecule has 0 aliphatic heterocycles. The van der Waals surface area contributed by atoms with Crippen molar-refractivity contribution in [3.8, 4) is 5.75 Å². The number of halogens is 1. The third kappa shape index (κ3) is 4.33. The van der Waals surface area contributed by atoms with Gasteiger partial charge in [0.2, 0.25) is 0 Å². The van der Waals surface area contributed by atoms with Crippen LogP contribution in [0.15, 0.2) is 18.2 Å². The van der Waals surface area contributed by atoms with Gasteiger partial charge in [-0.15, -0.1) is 0 Å². The van der Waals surface area contributed by atoms with Crippen molar-refractivity contribution < 1.29 is 23.8 Å². The number of hydrogen-bond donors (Lipinski definition) is 1. The second-order valence-corrected chi connectivity index (χ2v) is 3.89. The Morgan fingerprint density at radius 2 is 2.22 bits per heavy atom. The van der Waals surface area contributed by atoms with E-state index in [-0.39, 0.29) is 12.4 Å². The molecule has 4 nitrogen and oxygen atoms in total. The van der Waals surface area contributed by atoms with Crippen molar-refractivity contribution in [3.05, 3.63) is 29.6 Å². The van der Waals surface area contributed by atoms with Crippen LogP contribution in [0.25, 0.3) is 0 Å². The Balaban J connectivity index is 2.54. The summed E-state index contributed by atoms with van der Waals surface area (Å²) in [6, 6.07) is 3.97. The lowest BCUT2D eigenvalue weighted by atomic mass is 10.1. The number of aliphatic hydroxyl groups excluding tert-OH is 1. The minimum Gasteiger partial charge on any atom is -0.493 e. The molecule has 100 valence electrons. The molecule has 0 radical (unpaired) electrons. The predicted octanol–water partition coefficient (Wildman–Crippen LogP) is 2.21. The highest BCUT2D eigenvalue weighted by molar-refractivity contribution is 5.69. The highest BCUT2D eigenvalue weighted by atomic mass is 19.1. The molecule has 0 aliphatic rings. The summed E-state index contributed by atoms with van der Waals surface area (Å²) in [5, 5.41) is 9.49. The van der Waals surface area contributed by atoms with Gasteiger partial charge >= 0.3 is 5.97 Å². The van der Waals surface area contributed by atoms with Crippen LogP contribution in [0.4, 0.5) is 4.39 Å². The SMILES string of the molecule is COC(=O)CCCOc1ccc(F)cc1[C@H](C)O. The molecular formula is C13H17FO4. The van der Waals surface area contributed by atoms with Gasteiger partial charge in [-0.1, -0.05) is 0 Å². The lowest BCUT2D eigenvalue weighted by Gasteiger charge is -2.13. The zero-order chi connectivity index (χ0) is 13.5. The van der Waals surface area contributed by atoms with Gasteiger partial charge in [0.05, 0.1) is 19.8 Å². The molecule has 0 spiro atoms. The van der Waals surface area contributed by atoms with E-state index in [0.717, 1.165) is 0 Å². The van der Waals surface area contributed by atoms with E-state index in [9.17, 15) is 14.3 Å². The lowest BCUT2D eigenvalue weighted by Crippen LogP contribution is -2.06. The molecule has 1 N–H and O–H groups in total. The summed E-state index contributed by atoms with van der Waals surface area (Å²) in [6.45, 7) is 1.84. The van der Waals surface area contributed by atoms with Crippen LogP contribution < -0.4 is 4.74 Å². The van der Waals surface area contributed by atoms with E-state index in [1.54, 1.807) is 0 Å². The molecule has 0 unspecified atom stereocenters. The molecule has 0 saturated carbocycles. The summed E-state index contributed by atoms with van der Waals surface area (Å²) in [6.07, 6.45) is -0.0401. The summed E-state index contributed by atoms with van der Waals surface area (Å²) in [7, 11) is 1.33. The van der Waals surface area contributed by atoms with Crippen molar-refractivity contribution in [1.29, 1.82) is 0 Å². The first-order valence-corrected chi connectivity index (χ1v) is 5.71. The van der Waals surface area contributed by atoms with E-state index in [0.29, 0.717) is 24.3 Å². The molecule has 1 rings (SSSR count). The number of ether oxygens (including phenoxy) is 2. The largest absolute Gasteiger partial charge is 0.493 e. The molecule has 0 aliphatic carbocycles. The quantitative estimate of drug-likeness (QED) is 0.626. The minimum absolute atomic E-state index is 0.266. The number of rotatable bonds is 6. The number of methoxy groups -OCH3 is 1. The van der Waals surface area contributed by atoms with Gasteiger partial charge in [-0.25, -0.2) is 4.39 Å². The molecule has 5 heteroatoms. The number of esters is 1. The van der Waals surface area contributed by atoms with Crippen LogP contribution in [0, 0.1) is 5.82 Å². The van der Waals surface area contributed by atoms with E-state index >= 15 is 0 Å². The first kappa shape index (κ1) is 14.4. The second kappa shape index (κ2) is 6.96. The van der Waals surface area contributed by atoms with Crippen LogP contribution >= 0.6 is 0 Å². The maximum Gasteiger partial charge on any atom is 0.305 e. The first-order valence-electron chi connectivity index (χ1n) is 5.71. The van der Waals surface area contributed by atoms with Crippen molar-refractivity contribution >= 4 is 5.97 Å². The van der Waals surface area contributed by atoms with Crippen molar-refractivity contribution in [1.82, 2.24) is 0 Å². The van der Waals surface area contributed by atoms with Gasteiger partial charge in [0.25, 0.3) is 0 Å². The monoisotopic (exact) mass is 256 g/mol. The van der Waals surface area contributed by atoms with E-state index in [1.807, 2.05) is 0 Å². The molecule has 0 amide bonds. The number of carbonyl (C=O) groups excluding carboxylic acids is 1. The Morgan fingerprint density at radius 1 is 1.50 bits per heavy atom. The summed E-state index contributed by atoms with van der Waals surface area (Å²) in [5.41, 5.74) is 0.396. The lowest BCUT2D eigenvalue weighted by molar-refractivity contribution is -0.140. The summed E-state index contributed by atoms with van der Waals surface area (Å²) in [5.74, 6) is -0.294. The third-order valence-electron chi connectivity index (χ3n) is 2.43. The van der Waals surface area contributed by atoms with E-state index in [2.05, 4.69) is 4.74 Å². The van der Waals surface area contributed by atoms with Gasteiger partial charge in [0, 0.05) is 12.0 Å². The standard InChI is InChI=1S/C13H17FO4/c1-9(15)11-8-10(14)5-6-12(11)18-7-3-4-13(16)17-2/h5-6,8-9,15H,3-4,7H2,1-2H3/t9-/m0/s1. The fourth-order valence-electron chi connectivity index (χ4n) is 1.48. The van der Waals surface area contributed by atoms with Gasteiger partial charge in [0.1, 0.15) is 11.6 Å². The second-order valence-electron chi connectivity index (χ2n) is 3.89. The molecule has 1 aromatic rings. The third-order valence-corrected chi connectivity index (χ3v) is 2.43. The molecule has 0 fully saturated rings. The van der Waals surface area contributed by atoms with Crippen LogP contribution in [0.3, 0.4) is 0 Å². The molecule has 0 heterocycles. The number of carbonyl (C=O) groups is 1. The van der Waals surface area contributed by atoms with Crippen LogP contribution in [-0.2, 0) is 9.53 Å². The number of aliphatic hydroxyl groups is 1. The van der Waals surface area contributed by atoms with Crippen molar-refractivity contribution in [3.63, 3.8) is 0 Å². The van der Waals surface area contributed by atoms with Gasteiger partial charge in [0.15, 0.2) is 0 Å². The molecule has 0 saturated heterocycles. The van der Waals surface area contributed by atoms with Gasteiger partial charge in [-0.05, 0) is 31.5 Å². The Labute approximate surface area is 105 Å². The summed E-state index contributed by atoms with van der Waals surface area (Å²) in [4.78, 5) is 10.9. The Kier molecular flexibility index (Phi) is 5.58. The normalized spacial score (nSPS) is 12.0. The van der Waals surface area contributed by atoms with Crippen molar-refractivity contribution in [2.75, 3.05) is 13.7 Å². The van der Waals surface area contributed by atoms with Crippen LogP contribution in [0.2, 0.25) is 0 Å². The Bertz CT molecular complexity index is 404. The van der Waals surface area contributed by atoms with Gasteiger partial charge in [-0.2, -0.15) is 0 Å². The fraction of sp³-hybridized carbons (Fsp3) is 0.462. The van der Waals surface area contributed by atoms with E-state index in [1.165, 1.54) is 32.2 Å². The van der Waals surface area contributed by atoms with Crippen molar-refractivity contribution in [2.24, 2.45) is 0 Å². The Morgan fingerprint density at radius 3 is 2.83 bits per heavy atom. The van der Waals surface area contributed by atoms with E-state index < -0.39 is 11.9 Å². The number of hydrogen-bond acceptors (Lipinski definition) is 4. The first-order chi connectivity index (χ1) is 8.54. The average Bonchev–Trinajstić information content (AvgIpc) is 2.35. The van der Waals surface area contributed by atoms with Crippen molar-refractivity contribution in [2.45, 2.75) is 25.9 Å².